The van der Waals surface area contributed by atoms with Gasteiger partial charge in [-0.1, -0.05) is 20.8 Å². The predicted molar refractivity (Wildman–Crippen MR) is 78.3 cm³/mol. The fourth-order valence-electron chi connectivity index (χ4n) is 2.66. The van der Waals surface area contributed by atoms with Gasteiger partial charge in [0.2, 0.25) is 0 Å². The van der Waals surface area contributed by atoms with E-state index in [-0.39, 0.29) is 17.8 Å². The Kier molecular flexibility index (Phi) is 5.81. The van der Waals surface area contributed by atoms with Gasteiger partial charge in [0.05, 0.1) is 0 Å². The van der Waals surface area contributed by atoms with Crippen molar-refractivity contribution in [3.63, 3.8) is 0 Å². The fraction of sp³-hybridized carbons (Fsp3) is 0.933. The lowest BCUT2D eigenvalue weighted by Crippen LogP contribution is -2.52. The third kappa shape index (κ3) is 6.39. The molecule has 0 bridgehead atoms. The molecular weight excluding hydrogens is 240 g/mol. The summed E-state index contributed by atoms with van der Waals surface area (Å²) in [7, 11) is 0. The quantitative estimate of drug-likeness (QED) is 0.804. The molecule has 0 aromatic rings. The Balaban J connectivity index is 2.57. The van der Waals surface area contributed by atoms with Gasteiger partial charge in [-0.05, 0) is 31.6 Å². The van der Waals surface area contributed by atoms with E-state index in [1.165, 1.54) is 0 Å². The van der Waals surface area contributed by atoms with Gasteiger partial charge in [0.15, 0.2) is 0 Å². The standard InChI is InChI=1S/C15H30N2O2/c1-11(2)17-8-12(7-14(18)19)6-13(9-17)16-10-15(3,4)5/h11-13,16H,6-10H2,1-5H3,(H,18,19). The Labute approximate surface area is 117 Å². The second kappa shape index (κ2) is 6.71. The molecule has 0 radical (unpaired) electrons. The highest BCUT2D eigenvalue weighted by molar-refractivity contribution is 5.67. The van der Waals surface area contributed by atoms with Crippen LogP contribution in [0.15, 0.2) is 0 Å². The number of carboxylic acids is 1. The molecule has 0 saturated carbocycles. The highest BCUT2D eigenvalue weighted by atomic mass is 16.4. The van der Waals surface area contributed by atoms with Gasteiger partial charge in [-0.2, -0.15) is 0 Å². The summed E-state index contributed by atoms with van der Waals surface area (Å²) in [6, 6.07) is 0.898. The largest absolute Gasteiger partial charge is 0.481 e. The zero-order valence-electron chi connectivity index (χ0n) is 13.1. The molecule has 2 atom stereocenters. The molecule has 1 heterocycles. The first-order valence-corrected chi connectivity index (χ1v) is 7.36. The molecule has 0 aliphatic carbocycles. The smallest absolute Gasteiger partial charge is 0.303 e. The summed E-state index contributed by atoms with van der Waals surface area (Å²) in [5, 5.41) is 12.6. The van der Waals surface area contributed by atoms with Crippen LogP contribution in [-0.4, -0.2) is 47.7 Å². The molecule has 0 spiro atoms. The molecule has 1 aliphatic heterocycles. The molecule has 1 fully saturated rings. The van der Waals surface area contributed by atoms with Crippen LogP contribution in [-0.2, 0) is 4.79 Å². The normalized spacial score (nSPS) is 25.8. The zero-order chi connectivity index (χ0) is 14.6. The minimum Gasteiger partial charge on any atom is -0.481 e. The summed E-state index contributed by atoms with van der Waals surface area (Å²) in [5.41, 5.74) is 0.266. The number of carbonyl (C=O) groups is 1. The molecular formula is C15H30N2O2. The van der Waals surface area contributed by atoms with E-state index in [4.69, 9.17) is 5.11 Å². The molecule has 0 amide bonds. The highest BCUT2D eigenvalue weighted by Gasteiger charge is 2.30. The average Bonchev–Trinajstić information content (AvgIpc) is 2.24. The summed E-state index contributed by atoms with van der Waals surface area (Å²) in [6.45, 7) is 14.0. The second-order valence-electron chi connectivity index (χ2n) is 7.39. The van der Waals surface area contributed by atoms with Crippen LogP contribution >= 0.6 is 0 Å². The van der Waals surface area contributed by atoms with Gasteiger partial charge >= 0.3 is 5.97 Å². The first-order valence-electron chi connectivity index (χ1n) is 7.36. The molecule has 4 heteroatoms. The number of likely N-dealkylation sites (tertiary alicyclic amines) is 1. The topological polar surface area (TPSA) is 52.6 Å². The summed E-state index contributed by atoms with van der Waals surface area (Å²) >= 11 is 0. The van der Waals surface area contributed by atoms with E-state index in [9.17, 15) is 4.79 Å². The van der Waals surface area contributed by atoms with Crippen molar-refractivity contribution in [3.05, 3.63) is 0 Å². The van der Waals surface area contributed by atoms with Gasteiger partial charge in [0.1, 0.15) is 0 Å². The maximum absolute atomic E-state index is 10.9. The number of aliphatic carboxylic acids is 1. The monoisotopic (exact) mass is 270 g/mol. The van der Waals surface area contributed by atoms with E-state index in [1.54, 1.807) is 0 Å². The van der Waals surface area contributed by atoms with Gasteiger partial charge in [-0.15, -0.1) is 0 Å². The van der Waals surface area contributed by atoms with E-state index >= 15 is 0 Å². The van der Waals surface area contributed by atoms with Crippen molar-refractivity contribution < 1.29 is 9.90 Å². The van der Waals surface area contributed by atoms with Crippen molar-refractivity contribution in [2.45, 2.75) is 59.5 Å². The van der Waals surface area contributed by atoms with Crippen LogP contribution < -0.4 is 5.32 Å². The molecule has 1 rings (SSSR count). The minimum absolute atomic E-state index is 0.266. The summed E-state index contributed by atoms with van der Waals surface area (Å²) in [5.74, 6) is -0.406. The number of hydrogen-bond donors (Lipinski definition) is 2. The van der Waals surface area contributed by atoms with Crippen LogP contribution in [0.5, 0.6) is 0 Å². The van der Waals surface area contributed by atoms with E-state index in [0.29, 0.717) is 12.1 Å². The number of nitrogens with one attached hydrogen (secondary N) is 1. The molecule has 1 saturated heterocycles. The fourth-order valence-corrected chi connectivity index (χ4v) is 2.66. The first kappa shape index (κ1) is 16.4. The van der Waals surface area contributed by atoms with E-state index < -0.39 is 5.97 Å². The van der Waals surface area contributed by atoms with Crippen LogP contribution in [0.3, 0.4) is 0 Å². The number of rotatable bonds is 5. The Morgan fingerprint density at radius 3 is 2.47 bits per heavy atom. The maximum atomic E-state index is 10.9. The summed E-state index contributed by atoms with van der Waals surface area (Å²) < 4.78 is 0. The Morgan fingerprint density at radius 2 is 2.00 bits per heavy atom. The molecule has 2 unspecified atom stereocenters. The van der Waals surface area contributed by atoms with Crippen molar-refractivity contribution >= 4 is 5.97 Å². The van der Waals surface area contributed by atoms with E-state index in [1.807, 2.05) is 0 Å². The molecule has 2 N–H and O–H groups in total. The van der Waals surface area contributed by atoms with Crippen LogP contribution in [0.25, 0.3) is 0 Å². The zero-order valence-corrected chi connectivity index (χ0v) is 13.1. The van der Waals surface area contributed by atoms with Gasteiger partial charge in [-0.3, -0.25) is 9.69 Å². The van der Waals surface area contributed by atoms with Gasteiger partial charge < -0.3 is 10.4 Å². The highest BCUT2D eigenvalue weighted by Crippen LogP contribution is 2.22. The Hall–Kier alpha value is -0.610. The van der Waals surface area contributed by atoms with Gasteiger partial charge in [-0.25, -0.2) is 0 Å². The lowest BCUT2D eigenvalue weighted by molar-refractivity contribution is -0.138. The van der Waals surface area contributed by atoms with Gasteiger partial charge in [0.25, 0.3) is 0 Å². The van der Waals surface area contributed by atoms with Crippen LogP contribution in [0.4, 0.5) is 0 Å². The van der Waals surface area contributed by atoms with Crippen LogP contribution in [0.1, 0.15) is 47.5 Å². The van der Waals surface area contributed by atoms with Crippen molar-refractivity contribution in [2.75, 3.05) is 19.6 Å². The molecule has 0 aromatic heterocycles. The van der Waals surface area contributed by atoms with Crippen LogP contribution in [0.2, 0.25) is 0 Å². The Morgan fingerprint density at radius 1 is 1.37 bits per heavy atom. The molecule has 0 aromatic carbocycles. The molecule has 4 nitrogen and oxygen atoms in total. The predicted octanol–water partition coefficient (Wildman–Crippen LogP) is 2.20. The van der Waals surface area contributed by atoms with E-state index in [0.717, 1.165) is 26.1 Å². The summed E-state index contributed by atoms with van der Waals surface area (Å²) in [4.78, 5) is 13.3. The molecule has 112 valence electrons. The van der Waals surface area contributed by atoms with Gasteiger partial charge in [0, 0.05) is 38.1 Å². The third-order valence-corrected chi connectivity index (χ3v) is 3.68. The maximum Gasteiger partial charge on any atom is 0.303 e. The summed E-state index contributed by atoms with van der Waals surface area (Å²) in [6.07, 6.45) is 1.27. The molecule has 1 aliphatic rings. The Bertz CT molecular complexity index is 297. The van der Waals surface area contributed by atoms with Crippen molar-refractivity contribution in [2.24, 2.45) is 11.3 Å². The lowest BCUT2D eigenvalue weighted by atomic mass is 9.89. The van der Waals surface area contributed by atoms with Crippen molar-refractivity contribution in [1.29, 1.82) is 0 Å². The number of hydrogen-bond acceptors (Lipinski definition) is 3. The third-order valence-electron chi connectivity index (χ3n) is 3.68. The van der Waals surface area contributed by atoms with Crippen LogP contribution in [0, 0.1) is 11.3 Å². The first-order chi connectivity index (χ1) is 8.67. The number of piperidine rings is 1. The number of nitrogens with zero attached hydrogens (tertiary/aromatic N) is 1. The second-order valence-corrected chi connectivity index (χ2v) is 7.39. The average molecular weight is 270 g/mol. The van der Waals surface area contributed by atoms with Crippen molar-refractivity contribution in [1.82, 2.24) is 10.2 Å². The van der Waals surface area contributed by atoms with E-state index in [2.05, 4.69) is 44.8 Å². The minimum atomic E-state index is -0.676. The number of carboxylic acid groups (broad SMARTS) is 1. The SMILES string of the molecule is CC(C)N1CC(CC(=O)O)CC(NCC(C)(C)C)C1. The molecule has 19 heavy (non-hydrogen) atoms. The van der Waals surface area contributed by atoms with Crippen molar-refractivity contribution in [3.8, 4) is 0 Å². The lowest BCUT2D eigenvalue weighted by Gasteiger charge is -2.40.